The molecule has 0 saturated carbocycles. The van der Waals surface area contributed by atoms with Crippen LogP contribution in [0.3, 0.4) is 0 Å². The Morgan fingerprint density at radius 2 is 1.88 bits per heavy atom. The van der Waals surface area contributed by atoms with Crippen LogP contribution in [-0.4, -0.2) is 65.7 Å². The van der Waals surface area contributed by atoms with Crippen LogP contribution in [0.1, 0.15) is 22.8 Å². The van der Waals surface area contributed by atoms with Gasteiger partial charge in [-0.1, -0.05) is 12.1 Å². The largest absolute Gasteiger partial charge is 0.478 e. The summed E-state index contributed by atoms with van der Waals surface area (Å²) in [7, 11) is 2.02. The van der Waals surface area contributed by atoms with Crippen molar-refractivity contribution in [2.75, 3.05) is 43.1 Å². The van der Waals surface area contributed by atoms with Gasteiger partial charge in [0.15, 0.2) is 0 Å². The summed E-state index contributed by atoms with van der Waals surface area (Å²) in [5.74, 6) is -1.53. The minimum absolute atomic E-state index is 0.0139. The van der Waals surface area contributed by atoms with E-state index in [1.54, 1.807) is 37.3 Å². The van der Waals surface area contributed by atoms with Gasteiger partial charge < -0.3 is 14.9 Å². The minimum atomic E-state index is -1.10. The number of carbonyl (C=O) groups is 2. The Kier molecular flexibility index (Phi) is 5.93. The van der Waals surface area contributed by atoms with Gasteiger partial charge in [0.2, 0.25) is 0 Å². The molecule has 0 spiro atoms. The first-order valence-electron chi connectivity index (χ1n) is 10.4. The lowest BCUT2D eigenvalue weighted by molar-refractivity contribution is -0.384. The number of benzene rings is 2. The number of carboxylic acids is 1. The second-order valence-corrected chi connectivity index (χ2v) is 8.01. The van der Waals surface area contributed by atoms with Crippen molar-refractivity contribution >= 4 is 40.7 Å². The third-order valence-electron chi connectivity index (χ3n) is 5.75. The number of amides is 1. The number of hydrogen-bond donors (Lipinski definition) is 1. The molecule has 10 nitrogen and oxygen atoms in total. The summed E-state index contributed by atoms with van der Waals surface area (Å²) in [6.07, 6.45) is 1.57. The van der Waals surface area contributed by atoms with Crippen LogP contribution >= 0.6 is 0 Å². The quantitative estimate of drug-likeness (QED) is 0.423. The Morgan fingerprint density at radius 1 is 1.15 bits per heavy atom. The van der Waals surface area contributed by atoms with E-state index in [-0.39, 0.29) is 16.8 Å². The van der Waals surface area contributed by atoms with E-state index in [0.717, 1.165) is 18.1 Å². The Labute approximate surface area is 190 Å². The molecule has 10 heteroatoms. The number of nitro groups is 1. The van der Waals surface area contributed by atoms with Crippen LogP contribution in [0, 0.1) is 10.1 Å². The molecule has 0 atom stereocenters. The second kappa shape index (κ2) is 8.83. The standard InChI is InChI=1S/C23H23N5O5/c1-15-19(22(29)27(24-15)18-5-3-4-17(14-18)23(30)31)12-16-6-7-20(21(13-16)28(32)33)26-10-8-25(2)9-11-26/h3-7,12-14H,8-11H2,1-2H3,(H,30,31). The highest BCUT2D eigenvalue weighted by Gasteiger charge is 2.30. The summed E-state index contributed by atoms with van der Waals surface area (Å²) in [5.41, 5.74) is 2.16. The predicted molar refractivity (Wildman–Crippen MR) is 125 cm³/mol. The fourth-order valence-electron chi connectivity index (χ4n) is 3.89. The zero-order chi connectivity index (χ0) is 23.7. The van der Waals surface area contributed by atoms with E-state index >= 15 is 0 Å². The molecule has 1 N–H and O–H groups in total. The summed E-state index contributed by atoms with van der Waals surface area (Å²) in [6.45, 7) is 4.72. The predicted octanol–water partition coefficient (Wildman–Crippen LogP) is 2.85. The highest BCUT2D eigenvalue weighted by molar-refractivity contribution is 6.32. The molecule has 0 aliphatic carbocycles. The number of anilines is 2. The first kappa shape index (κ1) is 22.2. The van der Waals surface area contributed by atoms with Crippen molar-refractivity contribution in [2.45, 2.75) is 6.92 Å². The monoisotopic (exact) mass is 449 g/mol. The van der Waals surface area contributed by atoms with Gasteiger partial charge in [-0.15, -0.1) is 0 Å². The van der Waals surface area contributed by atoms with Gasteiger partial charge in [-0.2, -0.15) is 10.1 Å². The number of piperazine rings is 1. The molecular formula is C23H23N5O5. The van der Waals surface area contributed by atoms with Crippen LogP contribution in [0.15, 0.2) is 53.1 Å². The number of nitro benzene ring substituents is 1. The molecular weight excluding hydrogens is 426 g/mol. The lowest BCUT2D eigenvalue weighted by atomic mass is 10.1. The number of hydrazone groups is 1. The molecule has 0 unspecified atom stereocenters. The molecule has 1 fully saturated rings. The third kappa shape index (κ3) is 4.46. The molecule has 4 rings (SSSR count). The number of carbonyl (C=O) groups excluding carboxylic acids is 1. The van der Waals surface area contributed by atoms with Crippen molar-refractivity contribution in [3.63, 3.8) is 0 Å². The summed E-state index contributed by atoms with van der Waals surface area (Å²) < 4.78 is 0. The van der Waals surface area contributed by atoms with E-state index in [1.165, 1.54) is 18.2 Å². The van der Waals surface area contributed by atoms with Crippen LogP contribution in [0.25, 0.3) is 6.08 Å². The van der Waals surface area contributed by atoms with E-state index in [0.29, 0.717) is 35.7 Å². The Bertz CT molecular complexity index is 1200. The summed E-state index contributed by atoms with van der Waals surface area (Å²) >= 11 is 0. The Hall–Kier alpha value is -4.05. The molecule has 2 aromatic carbocycles. The van der Waals surface area contributed by atoms with Gasteiger partial charge in [-0.3, -0.25) is 14.9 Å². The van der Waals surface area contributed by atoms with Gasteiger partial charge in [0, 0.05) is 32.2 Å². The fourth-order valence-corrected chi connectivity index (χ4v) is 3.89. The third-order valence-corrected chi connectivity index (χ3v) is 5.75. The Balaban J connectivity index is 1.64. The maximum absolute atomic E-state index is 13.0. The number of rotatable bonds is 5. The van der Waals surface area contributed by atoms with Crippen LogP contribution in [0.5, 0.6) is 0 Å². The van der Waals surface area contributed by atoms with E-state index in [4.69, 9.17) is 0 Å². The van der Waals surface area contributed by atoms with Crippen molar-refractivity contribution in [1.29, 1.82) is 0 Å². The average Bonchev–Trinajstić information content (AvgIpc) is 3.08. The zero-order valence-corrected chi connectivity index (χ0v) is 18.3. The highest BCUT2D eigenvalue weighted by atomic mass is 16.6. The second-order valence-electron chi connectivity index (χ2n) is 8.01. The van der Waals surface area contributed by atoms with Crippen LogP contribution in [0.2, 0.25) is 0 Å². The molecule has 1 saturated heterocycles. The smallest absolute Gasteiger partial charge is 0.335 e. The van der Waals surface area contributed by atoms with Gasteiger partial charge in [0.1, 0.15) is 5.69 Å². The fraction of sp³-hybridized carbons (Fsp3) is 0.261. The lowest BCUT2D eigenvalue weighted by Gasteiger charge is -2.33. The van der Waals surface area contributed by atoms with E-state index in [1.807, 2.05) is 11.9 Å². The number of nitrogens with zero attached hydrogens (tertiary/aromatic N) is 5. The van der Waals surface area contributed by atoms with Gasteiger partial charge in [-0.05, 0) is 49.9 Å². The molecule has 2 aromatic rings. The summed E-state index contributed by atoms with van der Waals surface area (Å²) in [5, 5.41) is 26.4. The number of carboxylic acid groups (broad SMARTS) is 1. The number of hydrogen-bond acceptors (Lipinski definition) is 7. The van der Waals surface area contributed by atoms with Crippen molar-refractivity contribution in [3.8, 4) is 0 Å². The summed E-state index contributed by atoms with van der Waals surface area (Å²) in [4.78, 5) is 39.8. The zero-order valence-electron chi connectivity index (χ0n) is 18.3. The molecule has 170 valence electrons. The molecule has 0 bridgehead atoms. The Morgan fingerprint density at radius 3 is 2.55 bits per heavy atom. The minimum Gasteiger partial charge on any atom is -0.478 e. The van der Waals surface area contributed by atoms with Crippen LogP contribution in [-0.2, 0) is 4.79 Å². The normalized spacial score (nSPS) is 18.1. The topological polar surface area (TPSA) is 120 Å². The SMILES string of the molecule is CC1=NN(c2cccc(C(=O)O)c2)C(=O)C1=Cc1ccc(N2CCN(C)CC2)c([N+](=O)[O-])c1. The molecule has 0 radical (unpaired) electrons. The van der Waals surface area contributed by atoms with Gasteiger partial charge in [-0.25, -0.2) is 4.79 Å². The van der Waals surface area contributed by atoms with E-state index in [9.17, 15) is 24.8 Å². The van der Waals surface area contributed by atoms with Gasteiger partial charge in [0.25, 0.3) is 11.6 Å². The molecule has 2 aliphatic rings. The van der Waals surface area contributed by atoms with E-state index < -0.39 is 16.8 Å². The summed E-state index contributed by atoms with van der Waals surface area (Å²) in [6, 6.07) is 10.9. The van der Waals surface area contributed by atoms with Crippen molar-refractivity contribution in [2.24, 2.45) is 5.10 Å². The maximum Gasteiger partial charge on any atom is 0.335 e. The van der Waals surface area contributed by atoms with Gasteiger partial charge in [0.05, 0.1) is 27.5 Å². The van der Waals surface area contributed by atoms with Crippen molar-refractivity contribution in [3.05, 3.63) is 69.3 Å². The average molecular weight is 449 g/mol. The van der Waals surface area contributed by atoms with Crippen LogP contribution in [0.4, 0.5) is 17.1 Å². The number of likely N-dealkylation sites (N-methyl/N-ethyl adjacent to an activating group) is 1. The van der Waals surface area contributed by atoms with Gasteiger partial charge >= 0.3 is 5.97 Å². The van der Waals surface area contributed by atoms with E-state index in [2.05, 4.69) is 10.0 Å². The highest BCUT2D eigenvalue weighted by Crippen LogP contribution is 2.32. The number of aromatic carboxylic acids is 1. The molecule has 2 aliphatic heterocycles. The first-order valence-corrected chi connectivity index (χ1v) is 10.4. The first-order chi connectivity index (χ1) is 15.7. The lowest BCUT2D eigenvalue weighted by Crippen LogP contribution is -2.44. The van der Waals surface area contributed by atoms with Crippen molar-refractivity contribution < 1.29 is 19.6 Å². The van der Waals surface area contributed by atoms with Crippen molar-refractivity contribution in [1.82, 2.24) is 4.90 Å². The molecule has 0 aromatic heterocycles. The van der Waals surface area contributed by atoms with Crippen LogP contribution < -0.4 is 9.91 Å². The molecule has 33 heavy (non-hydrogen) atoms. The molecule has 2 heterocycles. The maximum atomic E-state index is 13.0. The molecule has 1 amide bonds.